The Morgan fingerprint density at radius 1 is 0.542 bits per heavy atom. The average molecular weight is 327 g/mol. The number of allylic oxidation sites excluding steroid dienone is 8. The first-order chi connectivity index (χ1) is 11.8. The van der Waals surface area contributed by atoms with E-state index in [2.05, 4.69) is 62.5 Å². The first kappa shape index (κ1) is 19.3. The molecule has 2 aliphatic carbocycles. The molecule has 0 aromatic carbocycles. The van der Waals surface area contributed by atoms with E-state index in [1.807, 2.05) is 0 Å². The molecule has 0 aliphatic heterocycles. The second-order valence-electron chi connectivity index (χ2n) is 7.80. The van der Waals surface area contributed by atoms with Crippen molar-refractivity contribution in [2.75, 3.05) is 0 Å². The highest BCUT2D eigenvalue weighted by Crippen LogP contribution is 2.50. The van der Waals surface area contributed by atoms with Gasteiger partial charge in [0, 0.05) is 11.8 Å². The predicted molar refractivity (Wildman–Crippen MR) is 108 cm³/mol. The van der Waals surface area contributed by atoms with Crippen LogP contribution in [-0.2, 0) is 0 Å². The maximum absolute atomic E-state index is 2.46. The minimum atomic E-state index is 0.409. The van der Waals surface area contributed by atoms with Crippen molar-refractivity contribution in [1.29, 1.82) is 0 Å². The van der Waals surface area contributed by atoms with Crippen molar-refractivity contribution in [3.63, 3.8) is 0 Å². The van der Waals surface area contributed by atoms with E-state index in [-0.39, 0.29) is 0 Å². The zero-order chi connectivity index (χ0) is 17.1. The lowest BCUT2D eigenvalue weighted by atomic mass is 9.61. The first-order valence-electron chi connectivity index (χ1n) is 10.5. The van der Waals surface area contributed by atoms with Gasteiger partial charge in [0.2, 0.25) is 0 Å². The van der Waals surface area contributed by atoms with Gasteiger partial charge in [0.15, 0.2) is 0 Å². The largest absolute Gasteiger partial charge is 0.0770 e. The molecule has 0 spiro atoms. The van der Waals surface area contributed by atoms with Crippen LogP contribution in [0.2, 0.25) is 0 Å². The lowest BCUT2D eigenvalue weighted by Gasteiger charge is -2.42. The summed E-state index contributed by atoms with van der Waals surface area (Å²) in [6.45, 7) is 4.63. The summed E-state index contributed by atoms with van der Waals surface area (Å²) in [7, 11) is 0. The van der Waals surface area contributed by atoms with Crippen molar-refractivity contribution in [3.05, 3.63) is 48.6 Å². The quantitative estimate of drug-likeness (QED) is 0.303. The molecule has 0 unspecified atom stereocenters. The number of hydrogen-bond acceptors (Lipinski definition) is 0. The molecule has 24 heavy (non-hydrogen) atoms. The van der Waals surface area contributed by atoms with Crippen LogP contribution in [0.1, 0.15) is 84.5 Å². The Kier molecular flexibility index (Phi) is 8.64. The first-order valence-corrected chi connectivity index (χ1v) is 10.5. The SMILES string of the molecule is CCCCCCCCCC(CCCC)(C1C=CC=C1)C1C=CC=C1. The third kappa shape index (κ3) is 5.23. The van der Waals surface area contributed by atoms with E-state index in [4.69, 9.17) is 0 Å². The highest BCUT2D eigenvalue weighted by atomic mass is 14.4. The molecule has 0 aromatic rings. The topological polar surface area (TPSA) is 0 Å². The van der Waals surface area contributed by atoms with Crippen LogP contribution in [0, 0.1) is 17.3 Å². The lowest BCUT2D eigenvalue weighted by molar-refractivity contribution is 0.142. The van der Waals surface area contributed by atoms with Gasteiger partial charge in [-0.2, -0.15) is 0 Å². The van der Waals surface area contributed by atoms with Crippen molar-refractivity contribution in [1.82, 2.24) is 0 Å². The summed E-state index contributed by atoms with van der Waals surface area (Å²) in [4.78, 5) is 0. The van der Waals surface area contributed by atoms with Crippen LogP contribution in [0.15, 0.2) is 48.6 Å². The molecule has 0 N–H and O–H groups in total. The van der Waals surface area contributed by atoms with Crippen LogP contribution in [0.3, 0.4) is 0 Å². The van der Waals surface area contributed by atoms with Crippen LogP contribution in [0.4, 0.5) is 0 Å². The van der Waals surface area contributed by atoms with Gasteiger partial charge in [-0.1, -0.05) is 120 Å². The molecule has 0 heterocycles. The molecule has 0 bridgehead atoms. The fraction of sp³-hybridized carbons (Fsp3) is 0.667. The van der Waals surface area contributed by atoms with Gasteiger partial charge in [-0.3, -0.25) is 0 Å². The molecule has 0 saturated carbocycles. The molecule has 0 heteroatoms. The minimum Gasteiger partial charge on any atom is -0.0770 e. The fourth-order valence-electron chi connectivity index (χ4n) is 4.56. The second kappa shape index (κ2) is 10.7. The van der Waals surface area contributed by atoms with Gasteiger partial charge >= 0.3 is 0 Å². The zero-order valence-electron chi connectivity index (χ0n) is 16.1. The highest BCUT2D eigenvalue weighted by Gasteiger charge is 2.41. The summed E-state index contributed by atoms with van der Waals surface area (Å²) >= 11 is 0. The zero-order valence-corrected chi connectivity index (χ0v) is 16.1. The van der Waals surface area contributed by atoms with Gasteiger partial charge in [0.25, 0.3) is 0 Å². The highest BCUT2D eigenvalue weighted by molar-refractivity contribution is 5.28. The Morgan fingerprint density at radius 3 is 1.46 bits per heavy atom. The van der Waals surface area contributed by atoms with Gasteiger partial charge in [-0.25, -0.2) is 0 Å². The fourth-order valence-corrected chi connectivity index (χ4v) is 4.56. The van der Waals surface area contributed by atoms with Crippen LogP contribution < -0.4 is 0 Å². The smallest absolute Gasteiger partial charge is 0.00179 e. The Bertz CT molecular complexity index is 397. The van der Waals surface area contributed by atoms with Crippen molar-refractivity contribution in [2.45, 2.75) is 84.5 Å². The molecule has 0 amide bonds. The molecule has 0 aromatic heterocycles. The maximum atomic E-state index is 2.46. The van der Waals surface area contributed by atoms with Gasteiger partial charge in [-0.05, 0) is 18.3 Å². The van der Waals surface area contributed by atoms with E-state index >= 15 is 0 Å². The van der Waals surface area contributed by atoms with E-state index in [1.54, 1.807) is 0 Å². The summed E-state index contributed by atoms with van der Waals surface area (Å²) in [6, 6.07) is 0. The summed E-state index contributed by atoms with van der Waals surface area (Å²) in [5.41, 5.74) is 0.409. The van der Waals surface area contributed by atoms with Gasteiger partial charge in [0.1, 0.15) is 0 Å². The Balaban J connectivity index is 1.95. The van der Waals surface area contributed by atoms with Crippen molar-refractivity contribution >= 4 is 0 Å². The van der Waals surface area contributed by atoms with Crippen molar-refractivity contribution in [2.24, 2.45) is 17.3 Å². The monoisotopic (exact) mass is 326 g/mol. The molecular weight excluding hydrogens is 288 g/mol. The maximum Gasteiger partial charge on any atom is 0.00179 e. The third-order valence-electron chi connectivity index (χ3n) is 6.07. The molecule has 134 valence electrons. The Morgan fingerprint density at radius 2 is 0.958 bits per heavy atom. The molecule has 2 rings (SSSR count). The van der Waals surface area contributed by atoms with Crippen molar-refractivity contribution in [3.8, 4) is 0 Å². The molecule has 0 saturated heterocycles. The third-order valence-corrected chi connectivity index (χ3v) is 6.07. The summed E-state index contributed by atoms with van der Waals surface area (Å²) in [6.07, 6.45) is 34.1. The summed E-state index contributed by atoms with van der Waals surface area (Å²) < 4.78 is 0. The minimum absolute atomic E-state index is 0.409. The van der Waals surface area contributed by atoms with Gasteiger partial charge < -0.3 is 0 Å². The van der Waals surface area contributed by atoms with Crippen LogP contribution in [0.5, 0.6) is 0 Å². The predicted octanol–water partition coefficient (Wildman–Crippen LogP) is 7.79. The summed E-state index contributed by atoms with van der Waals surface area (Å²) in [5, 5.41) is 0. The number of unbranched alkanes of at least 4 members (excludes halogenated alkanes) is 7. The van der Waals surface area contributed by atoms with E-state index in [0.29, 0.717) is 17.3 Å². The molecule has 2 aliphatic rings. The number of hydrogen-bond donors (Lipinski definition) is 0. The Labute approximate surface area is 150 Å². The van der Waals surface area contributed by atoms with E-state index in [0.717, 1.165) is 0 Å². The molecular formula is C24H38. The summed E-state index contributed by atoms with van der Waals surface area (Å²) in [5.74, 6) is 1.25. The van der Waals surface area contributed by atoms with Crippen molar-refractivity contribution < 1.29 is 0 Å². The Hall–Kier alpha value is -1.04. The van der Waals surface area contributed by atoms with Gasteiger partial charge in [-0.15, -0.1) is 0 Å². The van der Waals surface area contributed by atoms with Crippen LogP contribution in [0.25, 0.3) is 0 Å². The normalized spacial score (nSPS) is 17.6. The molecule has 0 fully saturated rings. The van der Waals surface area contributed by atoms with E-state index in [1.165, 1.54) is 70.6 Å². The van der Waals surface area contributed by atoms with Gasteiger partial charge in [0.05, 0.1) is 0 Å². The lowest BCUT2D eigenvalue weighted by Crippen LogP contribution is -2.34. The average Bonchev–Trinajstić information content (AvgIpc) is 3.31. The second-order valence-corrected chi connectivity index (χ2v) is 7.80. The standard InChI is InChI=1S/C24H38/c1-3-5-7-8-9-10-15-21-24(20-6-4-2,22-16-11-12-17-22)23-18-13-14-19-23/h11-14,16-19,22-23H,3-10,15,20-21H2,1-2H3. The van der Waals surface area contributed by atoms with Crippen LogP contribution in [-0.4, -0.2) is 0 Å². The molecule has 0 atom stereocenters. The van der Waals surface area contributed by atoms with E-state index in [9.17, 15) is 0 Å². The van der Waals surface area contributed by atoms with Crippen LogP contribution >= 0.6 is 0 Å². The molecule has 0 nitrogen and oxygen atoms in total. The molecule has 0 radical (unpaired) electrons. The number of rotatable bonds is 13. The van der Waals surface area contributed by atoms with E-state index < -0.39 is 0 Å².